The second-order valence-corrected chi connectivity index (χ2v) is 7.15. The first-order chi connectivity index (χ1) is 11.7. The van der Waals surface area contributed by atoms with E-state index in [1.807, 2.05) is 24.3 Å². The summed E-state index contributed by atoms with van der Waals surface area (Å²) in [5.74, 6) is 1.66. The molecule has 1 atom stereocenters. The van der Waals surface area contributed by atoms with Gasteiger partial charge in [0.1, 0.15) is 16.5 Å². The molecule has 0 aliphatic carbocycles. The lowest BCUT2D eigenvalue weighted by Crippen LogP contribution is -2.26. The van der Waals surface area contributed by atoms with Gasteiger partial charge in [0.15, 0.2) is 0 Å². The maximum absolute atomic E-state index is 12.2. The molecular weight excluding hydrogens is 342 g/mol. The summed E-state index contributed by atoms with van der Waals surface area (Å²) >= 11 is 3.20. The van der Waals surface area contributed by atoms with Crippen molar-refractivity contribution in [3.8, 4) is 5.75 Å². The minimum atomic E-state index is -0.163. The third-order valence-corrected chi connectivity index (χ3v) is 5.20. The van der Waals surface area contributed by atoms with Crippen molar-refractivity contribution in [3.05, 3.63) is 45.9 Å². The first kappa shape index (κ1) is 18.8. The van der Waals surface area contributed by atoms with Crippen LogP contribution in [0.15, 0.2) is 29.6 Å². The molecule has 0 aliphatic rings. The van der Waals surface area contributed by atoms with Crippen LogP contribution in [-0.2, 0) is 6.42 Å². The standard InChI is InChI=1S/C17H23N3O2S2/c1-22-15-6-4-3-5-12(15)7-9-19-16(21)14-11-24-17(20-14)13(18)8-10-23-2/h3-6,11,13H,7-10,18H2,1-2H3,(H,19,21). The molecule has 5 nitrogen and oxygen atoms in total. The molecule has 0 spiro atoms. The average molecular weight is 366 g/mol. The number of carbonyl (C=O) groups is 1. The number of amides is 1. The average Bonchev–Trinajstić information content (AvgIpc) is 3.10. The Morgan fingerprint density at radius 1 is 1.46 bits per heavy atom. The number of thioether (sulfide) groups is 1. The summed E-state index contributed by atoms with van der Waals surface area (Å²) in [5, 5.41) is 5.49. The van der Waals surface area contributed by atoms with E-state index in [4.69, 9.17) is 10.5 Å². The van der Waals surface area contributed by atoms with E-state index in [0.29, 0.717) is 18.7 Å². The number of methoxy groups -OCH3 is 1. The Balaban J connectivity index is 1.85. The summed E-state index contributed by atoms with van der Waals surface area (Å²) in [6, 6.07) is 7.70. The molecule has 0 aliphatic heterocycles. The van der Waals surface area contributed by atoms with Crippen LogP contribution in [0.25, 0.3) is 0 Å². The zero-order chi connectivity index (χ0) is 17.4. The van der Waals surface area contributed by atoms with Crippen molar-refractivity contribution in [2.45, 2.75) is 18.9 Å². The van der Waals surface area contributed by atoms with Gasteiger partial charge >= 0.3 is 0 Å². The van der Waals surface area contributed by atoms with Gasteiger partial charge in [-0.25, -0.2) is 4.98 Å². The van der Waals surface area contributed by atoms with Gasteiger partial charge in [-0.1, -0.05) is 18.2 Å². The van der Waals surface area contributed by atoms with Gasteiger partial charge in [-0.2, -0.15) is 11.8 Å². The van der Waals surface area contributed by atoms with Crippen molar-refractivity contribution >= 4 is 29.0 Å². The number of thiazole rings is 1. The number of aromatic nitrogens is 1. The lowest BCUT2D eigenvalue weighted by molar-refractivity contribution is 0.0949. The molecule has 130 valence electrons. The third kappa shape index (κ3) is 5.22. The molecule has 0 radical (unpaired) electrons. The molecule has 1 aromatic heterocycles. The Morgan fingerprint density at radius 2 is 2.25 bits per heavy atom. The summed E-state index contributed by atoms with van der Waals surface area (Å²) in [4.78, 5) is 16.6. The van der Waals surface area contributed by atoms with E-state index in [1.54, 1.807) is 24.3 Å². The molecule has 1 amide bonds. The fraction of sp³-hybridized carbons (Fsp3) is 0.412. The smallest absolute Gasteiger partial charge is 0.270 e. The number of hydrogen-bond donors (Lipinski definition) is 2. The van der Waals surface area contributed by atoms with Crippen molar-refractivity contribution in [2.24, 2.45) is 5.73 Å². The highest BCUT2D eigenvalue weighted by molar-refractivity contribution is 7.98. The van der Waals surface area contributed by atoms with Gasteiger partial charge in [0.2, 0.25) is 0 Å². The van der Waals surface area contributed by atoms with E-state index in [2.05, 4.69) is 16.6 Å². The first-order valence-electron chi connectivity index (χ1n) is 7.75. The van der Waals surface area contributed by atoms with Crippen molar-refractivity contribution in [1.82, 2.24) is 10.3 Å². The van der Waals surface area contributed by atoms with Crippen LogP contribution in [0.1, 0.15) is 33.5 Å². The molecule has 0 saturated carbocycles. The number of nitrogens with two attached hydrogens (primary N) is 1. The number of para-hydroxylation sites is 1. The van der Waals surface area contributed by atoms with E-state index < -0.39 is 0 Å². The van der Waals surface area contributed by atoms with Crippen LogP contribution in [-0.4, -0.2) is 36.6 Å². The van der Waals surface area contributed by atoms with Gasteiger partial charge in [0, 0.05) is 11.9 Å². The molecular formula is C17H23N3O2S2. The number of nitrogens with zero attached hydrogens (tertiary/aromatic N) is 1. The predicted octanol–water partition coefficient (Wildman–Crippen LogP) is 2.88. The molecule has 0 bridgehead atoms. The molecule has 3 N–H and O–H groups in total. The van der Waals surface area contributed by atoms with Gasteiger partial charge in [0.05, 0.1) is 13.2 Å². The van der Waals surface area contributed by atoms with Crippen LogP contribution < -0.4 is 15.8 Å². The number of benzene rings is 1. The zero-order valence-corrected chi connectivity index (χ0v) is 15.6. The molecule has 2 aromatic rings. The fourth-order valence-electron chi connectivity index (χ4n) is 2.24. The Hall–Kier alpha value is -1.57. The second-order valence-electron chi connectivity index (χ2n) is 5.28. The third-order valence-electron chi connectivity index (χ3n) is 3.58. The predicted molar refractivity (Wildman–Crippen MR) is 101 cm³/mol. The van der Waals surface area contributed by atoms with E-state index >= 15 is 0 Å². The normalized spacial score (nSPS) is 12.0. The van der Waals surface area contributed by atoms with Gasteiger partial charge in [0.25, 0.3) is 5.91 Å². The van der Waals surface area contributed by atoms with Crippen molar-refractivity contribution < 1.29 is 9.53 Å². The highest BCUT2D eigenvalue weighted by Crippen LogP contribution is 2.20. The van der Waals surface area contributed by atoms with E-state index in [1.165, 1.54) is 11.3 Å². The van der Waals surface area contributed by atoms with Gasteiger partial charge < -0.3 is 15.8 Å². The minimum Gasteiger partial charge on any atom is -0.496 e. The molecule has 7 heteroatoms. The highest BCUT2D eigenvalue weighted by atomic mass is 32.2. The number of nitrogens with one attached hydrogen (secondary N) is 1. The summed E-state index contributed by atoms with van der Waals surface area (Å²) in [7, 11) is 1.65. The van der Waals surface area contributed by atoms with Crippen LogP contribution in [0.5, 0.6) is 5.75 Å². The van der Waals surface area contributed by atoms with Crippen LogP contribution in [0, 0.1) is 0 Å². The molecule has 1 heterocycles. The van der Waals surface area contributed by atoms with Crippen LogP contribution in [0.3, 0.4) is 0 Å². The van der Waals surface area contributed by atoms with Gasteiger partial charge in [-0.05, 0) is 36.5 Å². The molecule has 2 rings (SSSR count). The van der Waals surface area contributed by atoms with Crippen molar-refractivity contribution in [3.63, 3.8) is 0 Å². The largest absolute Gasteiger partial charge is 0.496 e. The zero-order valence-electron chi connectivity index (χ0n) is 14.0. The Labute approximate surface area is 151 Å². The number of carbonyl (C=O) groups excluding carboxylic acids is 1. The van der Waals surface area contributed by atoms with Crippen molar-refractivity contribution in [2.75, 3.05) is 25.7 Å². The molecule has 0 fully saturated rings. The van der Waals surface area contributed by atoms with Crippen LogP contribution in [0.2, 0.25) is 0 Å². The number of ether oxygens (including phenoxy) is 1. The summed E-state index contributed by atoms with van der Waals surface area (Å²) in [5.41, 5.74) is 7.60. The number of hydrogen-bond acceptors (Lipinski definition) is 6. The molecule has 24 heavy (non-hydrogen) atoms. The van der Waals surface area contributed by atoms with E-state index in [-0.39, 0.29) is 11.9 Å². The van der Waals surface area contributed by atoms with Gasteiger partial charge in [-0.3, -0.25) is 4.79 Å². The Morgan fingerprint density at radius 3 is 3.00 bits per heavy atom. The van der Waals surface area contributed by atoms with Crippen LogP contribution >= 0.6 is 23.1 Å². The monoisotopic (exact) mass is 365 g/mol. The quantitative estimate of drug-likeness (QED) is 0.714. The van der Waals surface area contributed by atoms with E-state index in [9.17, 15) is 4.79 Å². The maximum Gasteiger partial charge on any atom is 0.270 e. The first-order valence-corrected chi connectivity index (χ1v) is 10.0. The lowest BCUT2D eigenvalue weighted by atomic mass is 10.1. The molecule has 1 aromatic carbocycles. The summed E-state index contributed by atoms with van der Waals surface area (Å²) in [6.07, 6.45) is 3.62. The molecule has 0 saturated heterocycles. The summed E-state index contributed by atoms with van der Waals surface area (Å²) < 4.78 is 5.31. The number of rotatable bonds is 9. The molecule has 1 unspecified atom stereocenters. The van der Waals surface area contributed by atoms with Crippen molar-refractivity contribution in [1.29, 1.82) is 0 Å². The SMILES string of the molecule is COc1ccccc1CCNC(=O)c1csc(C(N)CCSC)n1. The topological polar surface area (TPSA) is 77.2 Å². The van der Waals surface area contributed by atoms with Crippen LogP contribution in [0.4, 0.5) is 0 Å². The van der Waals surface area contributed by atoms with Gasteiger partial charge in [-0.15, -0.1) is 11.3 Å². The Kier molecular flexibility index (Phi) is 7.55. The second kappa shape index (κ2) is 9.66. The highest BCUT2D eigenvalue weighted by Gasteiger charge is 2.15. The lowest BCUT2D eigenvalue weighted by Gasteiger charge is -2.08. The Bertz CT molecular complexity index is 661. The minimum absolute atomic E-state index is 0.0995. The van der Waals surface area contributed by atoms with E-state index in [0.717, 1.165) is 28.5 Å². The fourth-order valence-corrected chi connectivity index (χ4v) is 3.57. The summed E-state index contributed by atoms with van der Waals surface area (Å²) in [6.45, 7) is 0.532. The maximum atomic E-state index is 12.2.